The first kappa shape index (κ1) is 25.7. The molecule has 0 N–H and O–H groups in total. The fraction of sp³-hybridized carbons (Fsp3) is 0.192. The summed E-state index contributed by atoms with van der Waals surface area (Å²) < 4.78 is 42.3. The fourth-order valence-corrected chi connectivity index (χ4v) is 5.58. The van der Waals surface area contributed by atoms with Crippen molar-refractivity contribution in [2.75, 3.05) is 4.90 Å². The lowest BCUT2D eigenvalue weighted by atomic mass is 9.62. The zero-order valence-electron chi connectivity index (χ0n) is 19.3. The van der Waals surface area contributed by atoms with Crippen molar-refractivity contribution in [2.45, 2.75) is 24.9 Å². The summed E-state index contributed by atoms with van der Waals surface area (Å²) in [4.78, 5) is 28.7. The van der Waals surface area contributed by atoms with Crippen LogP contribution in [-0.2, 0) is 15.1 Å². The van der Waals surface area contributed by atoms with Gasteiger partial charge in [-0.25, -0.2) is 4.90 Å². The van der Waals surface area contributed by atoms with E-state index in [2.05, 4.69) is 15.0 Å². The second kappa shape index (κ2) is 8.82. The molecule has 192 valence electrons. The van der Waals surface area contributed by atoms with Crippen molar-refractivity contribution in [3.63, 3.8) is 0 Å². The molecular weight excluding hydrogens is 544 g/mol. The van der Waals surface area contributed by atoms with E-state index < -0.39 is 40.9 Å². The van der Waals surface area contributed by atoms with Crippen molar-refractivity contribution in [1.29, 1.82) is 5.26 Å². The average molecular weight is 559 g/mol. The normalized spacial score (nSPS) is 24.4. The summed E-state index contributed by atoms with van der Waals surface area (Å²) in [6, 6.07) is 16.1. The third-order valence-electron chi connectivity index (χ3n) is 6.77. The number of hydrogen-bond donors (Lipinski definition) is 0. The van der Waals surface area contributed by atoms with Gasteiger partial charge in [0.15, 0.2) is 6.04 Å². The molecule has 2 aliphatic heterocycles. The molecule has 12 heteroatoms. The molecule has 0 aliphatic carbocycles. The van der Waals surface area contributed by atoms with E-state index in [1.54, 1.807) is 12.1 Å². The van der Waals surface area contributed by atoms with Gasteiger partial charge in [0, 0.05) is 10.0 Å². The van der Waals surface area contributed by atoms with E-state index in [1.807, 2.05) is 6.07 Å². The van der Waals surface area contributed by atoms with Gasteiger partial charge in [0.05, 0.1) is 17.3 Å². The first-order chi connectivity index (χ1) is 17.9. The molecule has 38 heavy (non-hydrogen) atoms. The quantitative estimate of drug-likeness (QED) is 0.345. The van der Waals surface area contributed by atoms with Crippen LogP contribution in [0.3, 0.4) is 0 Å². The van der Waals surface area contributed by atoms with E-state index in [1.165, 1.54) is 49.4 Å². The summed E-state index contributed by atoms with van der Waals surface area (Å²) in [6.45, 7) is 1.53. The van der Waals surface area contributed by atoms with Gasteiger partial charge in [0.2, 0.25) is 5.91 Å². The third-order valence-corrected chi connectivity index (χ3v) is 7.20. The molecule has 0 saturated carbocycles. The van der Waals surface area contributed by atoms with E-state index in [9.17, 15) is 28.0 Å². The number of hydrogen-bond acceptors (Lipinski definition) is 6. The fourth-order valence-electron chi connectivity index (χ4n) is 5.06. The summed E-state index contributed by atoms with van der Waals surface area (Å²) in [5.41, 5.74) is -2.10. The number of fused-ring (bicyclic) bond motifs is 1. The number of rotatable bonds is 4. The zero-order chi connectivity index (χ0) is 27.5. The molecule has 0 radical (unpaired) electrons. The largest absolute Gasteiger partial charge is 0.573 e. The third kappa shape index (κ3) is 3.81. The molecule has 5 rings (SSSR count). The first-order valence-corrected chi connectivity index (χ1v) is 11.8. The maximum Gasteiger partial charge on any atom is 0.573 e. The summed E-state index contributed by atoms with van der Waals surface area (Å²) >= 11 is 12.2. The highest BCUT2D eigenvalue weighted by atomic mass is 35.5. The van der Waals surface area contributed by atoms with Crippen molar-refractivity contribution in [3.05, 3.63) is 93.5 Å². The second-order valence-electron chi connectivity index (χ2n) is 8.90. The lowest BCUT2D eigenvalue weighted by Crippen LogP contribution is -2.50. The Labute approximate surface area is 224 Å². The van der Waals surface area contributed by atoms with Gasteiger partial charge in [-0.05, 0) is 60.5 Å². The van der Waals surface area contributed by atoms with Gasteiger partial charge < -0.3 is 4.74 Å². The predicted octanol–water partition coefficient (Wildman–Crippen LogP) is 6.42. The van der Waals surface area contributed by atoms with Crippen LogP contribution >= 0.6 is 23.2 Å². The number of benzene rings is 3. The molecule has 3 unspecified atom stereocenters. The van der Waals surface area contributed by atoms with Crippen molar-refractivity contribution < 1.29 is 27.5 Å². The summed E-state index contributed by atoms with van der Waals surface area (Å²) in [6.07, 6.45) is -4.90. The molecule has 1 fully saturated rings. The van der Waals surface area contributed by atoms with Crippen LogP contribution in [0, 0.1) is 16.7 Å². The lowest BCUT2D eigenvalue weighted by Gasteiger charge is -2.39. The molecule has 0 spiro atoms. The standard InChI is InChI=1S/C26H15Cl2F3N4O3/c1-24-21(22(36)35(23(24)37)19-11-17(27)10-18(28)12-19)33-34-25(24,15-4-2-14(13-32)3-5-15)16-6-8-20(9-7-16)38-26(29,30)31/h2-12,21H,1H3. The number of ether oxygens (including phenoxy) is 1. The molecule has 2 aliphatic rings. The maximum atomic E-state index is 14.2. The Morgan fingerprint density at radius 2 is 1.53 bits per heavy atom. The number of carbonyl (C=O) groups excluding carboxylic acids is 2. The number of amides is 2. The highest BCUT2D eigenvalue weighted by molar-refractivity contribution is 6.36. The maximum absolute atomic E-state index is 14.2. The van der Waals surface area contributed by atoms with Crippen LogP contribution in [0.25, 0.3) is 0 Å². The van der Waals surface area contributed by atoms with E-state index in [0.717, 1.165) is 17.0 Å². The minimum Gasteiger partial charge on any atom is -0.406 e. The number of anilines is 1. The molecule has 2 heterocycles. The Hall–Kier alpha value is -3.94. The molecule has 0 bridgehead atoms. The van der Waals surface area contributed by atoms with Crippen LogP contribution < -0.4 is 9.64 Å². The molecule has 2 amide bonds. The van der Waals surface area contributed by atoms with Crippen molar-refractivity contribution in [3.8, 4) is 11.8 Å². The molecule has 7 nitrogen and oxygen atoms in total. The zero-order valence-corrected chi connectivity index (χ0v) is 20.8. The number of nitrogens with zero attached hydrogens (tertiary/aromatic N) is 4. The van der Waals surface area contributed by atoms with E-state index in [-0.39, 0.29) is 21.3 Å². The Morgan fingerprint density at radius 1 is 0.974 bits per heavy atom. The number of alkyl halides is 3. The van der Waals surface area contributed by atoms with Crippen molar-refractivity contribution in [2.24, 2.45) is 15.6 Å². The first-order valence-electron chi connectivity index (χ1n) is 11.0. The van der Waals surface area contributed by atoms with E-state index >= 15 is 0 Å². The predicted molar refractivity (Wildman–Crippen MR) is 131 cm³/mol. The van der Waals surface area contributed by atoms with Gasteiger partial charge in [-0.1, -0.05) is 47.5 Å². The van der Waals surface area contributed by atoms with E-state index in [4.69, 9.17) is 23.2 Å². The van der Waals surface area contributed by atoms with E-state index in [0.29, 0.717) is 11.1 Å². The Kier molecular flexibility index (Phi) is 5.97. The molecule has 3 aromatic carbocycles. The minimum atomic E-state index is -4.90. The number of halogens is 5. The van der Waals surface area contributed by atoms with Gasteiger partial charge >= 0.3 is 6.36 Å². The monoisotopic (exact) mass is 558 g/mol. The lowest BCUT2D eigenvalue weighted by molar-refractivity contribution is -0.274. The number of nitriles is 1. The van der Waals surface area contributed by atoms with Gasteiger partial charge in [0.25, 0.3) is 5.91 Å². The number of carbonyl (C=O) groups is 2. The second-order valence-corrected chi connectivity index (χ2v) is 9.77. The number of azo groups is 1. The van der Waals surface area contributed by atoms with Crippen LogP contribution in [0.4, 0.5) is 18.9 Å². The Balaban J connectivity index is 1.70. The minimum absolute atomic E-state index is 0.144. The summed E-state index contributed by atoms with van der Waals surface area (Å²) in [5, 5.41) is 18.3. The average Bonchev–Trinajstić information content (AvgIpc) is 3.27. The van der Waals surface area contributed by atoms with Crippen molar-refractivity contribution in [1.82, 2.24) is 0 Å². The molecule has 1 saturated heterocycles. The topological polar surface area (TPSA) is 95.1 Å². The van der Waals surface area contributed by atoms with Gasteiger partial charge in [-0.2, -0.15) is 15.5 Å². The summed E-state index contributed by atoms with van der Waals surface area (Å²) in [7, 11) is 0. The Bertz CT molecular complexity index is 1520. The molecule has 3 atom stereocenters. The summed E-state index contributed by atoms with van der Waals surface area (Å²) in [5.74, 6) is -1.79. The highest BCUT2D eigenvalue weighted by Crippen LogP contribution is 2.59. The SMILES string of the molecule is CC12C(=O)N(c3cc(Cl)cc(Cl)c3)C(=O)C1N=NC2(c1ccc(C#N)cc1)c1ccc(OC(F)(F)F)cc1. The van der Waals surface area contributed by atoms with Gasteiger partial charge in [0.1, 0.15) is 16.7 Å². The highest BCUT2D eigenvalue weighted by Gasteiger charge is 2.72. The smallest absolute Gasteiger partial charge is 0.406 e. The van der Waals surface area contributed by atoms with Crippen LogP contribution in [0.5, 0.6) is 5.75 Å². The van der Waals surface area contributed by atoms with Crippen molar-refractivity contribution >= 4 is 40.7 Å². The molecule has 3 aromatic rings. The van der Waals surface area contributed by atoms with Gasteiger partial charge in [-0.15, -0.1) is 13.2 Å². The number of imide groups is 1. The van der Waals surface area contributed by atoms with Crippen LogP contribution in [0.2, 0.25) is 10.0 Å². The Morgan fingerprint density at radius 3 is 2.05 bits per heavy atom. The molecular formula is C26H15Cl2F3N4O3. The van der Waals surface area contributed by atoms with Crippen LogP contribution in [-0.4, -0.2) is 24.2 Å². The van der Waals surface area contributed by atoms with Gasteiger partial charge in [-0.3, -0.25) is 9.59 Å². The van der Waals surface area contributed by atoms with Crippen LogP contribution in [0.1, 0.15) is 23.6 Å². The molecule has 0 aromatic heterocycles. The van der Waals surface area contributed by atoms with Crippen LogP contribution in [0.15, 0.2) is 77.0 Å².